The number of carbonyl (C=O) groups excluding carboxylic acids is 1. The van der Waals surface area contributed by atoms with Crippen LogP contribution in [0.2, 0.25) is 0 Å². The van der Waals surface area contributed by atoms with E-state index < -0.39 is 0 Å². The molecule has 2 N–H and O–H groups in total. The molecule has 0 saturated heterocycles. The average molecular weight is 298 g/mol. The van der Waals surface area contributed by atoms with Crippen LogP contribution in [0.1, 0.15) is 50.0 Å². The number of pyridine rings is 1. The molecule has 0 spiro atoms. The predicted octanol–water partition coefficient (Wildman–Crippen LogP) is 3.13. The second-order valence-electron chi connectivity index (χ2n) is 6.29. The third-order valence-corrected chi connectivity index (χ3v) is 4.18. The monoisotopic (exact) mass is 297 g/mol. The summed E-state index contributed by atoms with van der Waals surface area (Å²) in [4.78, 5) is 18.3. The van der Waals surface area contributed by atoms with Crippen molar-refractivity contribution in [2.75, 3.05) is 12.8 Å². The fourth-order valence-electron chi connectivity index (χ4n) is 2.65. The molecule has 1 aliphatic rings. The lowest BCUT2D eigenvalue weighted by molar-refractivity contribution is 0.0629. The van der Waals surface area contributed by atoms with E-state index in [-0.39, 0.29) is 18.3 Å². The third kappa shape index (κ3) is 3.85. The average Bonchev–Trinajstić information content (AvgIpc) is 2.38. The highest BCUT2D eigenvalue weighted by Crippen LogP contribution is 2.36. The van der Waals surface area contributed by atoms with E-state index in [0.29, 0.717) is 22.8 Å². The summed E-state index contributed by atoms with van der Waals surface area (Å²) in [5.41, 5.74) is 7.06. The van der Waals surface area contributed by atoms with Crippen molar-refractivity contribution >= 4 is 24.0 Å². The molecule has 1 aliphatic carbocycles. The molecule has 5 heteroatoms. The molecule has 1 fully saturated rings. The Hall–Kier alpha value is -1.29. The molecule has 1 aromatic rings. The second kappa shape index (κ2) is 6.44. The van der Waals surface area contributed by atoms with Crippen molar-refractivity contribution in [3.63, 3.8) is 0 Å². The molecule has 112 valence electrons. The van der Waals surface area contributed by atoms with Crippen LogP contribution in [-0.4, -0.2) is 28.9 Å². The van der Waals surface area contributed by atoms with E-state index in [0.717, 1.165) is 12.8 Å². The van der Waals surface area contributed by atoms with Crippen molar-refractivity contribution < 1.29 is 4.79 Å². The summed E-state index contributed by atoms with van der Waals surface area (Å²) in [6.45, 7) is 4.60. The Morgan fingerprint density at radius 3 is 2.45 bits per heavy atom. The number of nitrogens with two attached hydrogens (primary N) is 1. The minimum absolute atomic E-state index is 0. The molecule has 0 aliphatic heterocycles. The van der Waals surface area contributed by atoms with E-state index >= 15 is 0 Å². The van der Waals surface area contributed by atoms with Crippen LogP contribution in [-0.2, 0) is 0 Å². The number of halogens is 1. The Balaban J connectivity index is 0.00000200. The number of rotatable bonds is 2. The number of hydrogen-bond acceptors (Lipinski definition) is 3. The third-order valence-electron chi connectivity index (χ3n) is 4.18. The van der Waals surface area contributed by atoms with Crippen LogP contribution < -0.4 is 5.73 Å². The van der Waals surface area contributed by atoms with Crippen LogP contribution in [0, 0.1) is 5.41 Å². The molecule has 1 heterocycles. The van der Waals surface area contributed by atoms with Gasteiger partial charge in [-0.25, -0.2) is 4.98 Å². The lowest BCUT2D eigenvalue weighted by Crippen LogP contribution is -2.41. The first-order chi connectivity index (χ1) is 8.89. The molecular formula is C15H24ClN3O. The number of nitrogen functional groups attached to an aromatic ring is 1. The van der Waals surface area contributed by atoms with Crippen LogP contribution in [0.4, 0.5) is 5.69 Å². The normalized spacial score (nSPS) is 18.1. The molecule has 2 rings (SSSR count). The Bertz CT molecular complexity index is 449. The van der Waals surface area contributed by atoms with E-state index in [9.17, 15) is 4.79 Å². The molecular weight excluding hydrogens is 274 g/mol. The van der Waals surface area contributed by atoms with Gasteiger partial charge in [-0.3, -0.25) is 4.79 Å². The standard InChI is InChI=1S/C15H23N3O.ClH/c1-15(2)8-6-12(7-9-15)18(3)14(19)13-5-4-11(16)10-17-13;/h4-5,10,12H,6-9,16H2,1-3H3;1H. The van der Waals surface area contributed by atoms with Gasteiger partial charge in [0, 0.05) is 13.1 Å². The van der Waals surface area contributed by atoms with Crippen LogP contribution in [0.5, 0.6) is 0 Å². The van der Waals surface area contributed by atoms with Gasteiger partial charge in [0.25, 0.3) is 5.91 Å². The second-order valence-corrected chi connectivity index (χ2v) is 6.29. The molecule has 0 radical (unpaired) electrons. The highest BCUT2D eigenvalue weighted by Gasteiger charge is 2.31. The smallest absolute Gasteiger partial charge is 0.272 e. The van der Waals surface area contributed by atoms with E-state index in [4.69, 9.17) is 5.73 Å². The zero-order chi connectivity index (χ0) is 14.0. The number of nitrogens with zero attached hydrogens (tertiary/aromatic N) is 2. The van der Waals surface area contributed by atoms with Crippen molar-refractivity contribution in [2.45, 2.75) is 45.6 Å². The minimum Gasteiger partial charge on any atom is -0.397 e. The molecule has 0 atom stereocenters. The number of amides is 1. The SMILES string of the molecule is CN(C(=O)c1ccc(N)cn1)C1CCC(C)(C)CC1.Cl. The molecule has 1 saturated carbocycles. The summed E-state index contributed by atoms with van der Waals surface area (Å²) in [5, 5.41) is 0. The Morgan fingerprint density at radius 1 is 1.35 bits per heavy atom. The molecule has 0 bridgehead atoms. The minimum atomic E-state index is -0.00953. The van der Waals surface area contributed by atoms with E-state index in [1.165, 1.54) is 19.0 Å². The lowest BCUT2D eigenvalue weighted by Gasteiger charge is -2.38. The van der Waals surface area contributed by atoms with Crippen LogP contribution in [0.25, 0.3) is 0 Å². The first kappa shape index (κ1) is 16.8. The van der Waals surface area contributed by atoms with Crippen LogP contribution in [0.15, 0.2) is 18.3 Å². The fraction of sp³-hybridized carbons (Fsp3) is 0.600. The predicted molar refractivity (Wildman–Crippen MR) is 84.0 cm³/mol. The Kier molecular flexibility index (Phi) is 5.40. The molecule has 4 nitrogen and oxygen atoms in total. The fourth-order valence-corrected chi connectivity index (χ4v) is 2.65. The van der Waals surface area contributed by atoms with Crippen molar-refractivity contribution in [3.8, 4) is 0 Å². The number of carbonyl (C=O) groups is 1. The summed E-state index contributed by atoms with van der Waals surface area (Å²) in [6.07, 6.45) is 6.02. The maximum absolute atomic E-state index is 12.3. The molecule has 1 amide bonds. The zero-order valence-corrected chi connectivity index (χ0v) is 13.2. The lowest BCUT2D eigenvalue weighted by atomic mass is 9.75. The maximum atomic E-state index is 12.3. The maximum Gasteiger partial charge on any atom is 0.272 e. The van der Waals surface area contributed by atoms with Gasteiger partial charge in [0.05, 0.1) is 11.9 Å². The molecule has 0 aromatic carbocycles. The van der Waals surface area contributed by atoms with Gasteiger partial charge in [0.2, 0.25) is 0 Å². The van der Waals surface area contributed by atoms with Crippen molar-refractivity contribution in [2.24, 2.45) is 5.41 Å². The van der Waals surface area contributed by atoms with E-state index in [1.807, 2.05) is 11.9 Å². The number of aromatic nitrogens is 1. The highest BCUT2D eigenvalue weighted by atomic mass is 35.5. The van der Waals surface area contributed by atoms with Crippen LogP contribution >= 0.6 is 12.4 Å². The van der Waals surface area contributed by atoms with Crippen molar-refractivity contribution in [3.05, 3.63) is 24.0 Å². The first-order valence-electron chi connectivity index (χ1n) is 6.88. The van der Waals surface area contributed by atoms with Crippen molar-refractivity contribution in [1.29, 1.82) is 0 Å². The van der Waals surface area contributed by atoms with Gasteiger partial charge in [-0.05, 0) is 43.2 Å². The summed E-state index contributed by atoms with van der Waals surface area (Å²) in [6, 6.07) is 3.75. The topological polar surface area (TPSA) is 59.2 Å². The van der Waals surface area contributed by atoms with Gasteiger partial charge in [-0.2, -0.15) is 0 Å². The van der Waals surface area contributed by atoms with Gasteiger partial charge in [0.1, 0.15) is 5.69 Å². The van der Waals surface area contributed by atoms with Crippen LogP contribution in [0.3, 0.4) is 0 Å². The van der Waals surface area contributed by atoms with E-state index in [2.05, 4.69) is 18.8 Å². The summed E-state index contributed by atoms with van der Waals surface area (Å²) in [7, 11) is 1.88. The molecule has 1 aromatic heterocycles. The van der Waals surface area contributed by atoms with Crippen molar-refractivity contribution in [1.82, 2.24) is 9.88 Å². The summed E-state index contributed by atoms with van der Waals surface area (Å²) >= 11 is 0. The molecule has 0 unspecified atom stereocenters. The van der Waals surface area contributed by atoms with Gasteiger partial charge >= 0.3 is 0 Å². The Morgan fingerprint density at radius 2 is 1.95 bits per heavy atom. The highest BCUT2D eigenvalue weighted by molar-refractivity contribution is 5.92. The zero-order valence-electron chi connectivity index (χ0n) is 12.4. The van der Waals surface area contributed by atoms with Gasteiger partial charge in [-0.15, -0.1) is 12.4 Å². The van der Waals surface area contributed by atoms with Gasteiger partial charge < -0.3 is 10.6 Å². The summed E-state index contributed by atoms with van der Waals surface area (Å²) < 4.78 is 0. The van der Waals surface area contributed by atoms with E-state index in [1.54, 1.807) is 12.1 Å². The largest absolute Gasteiger partial charge is 0.397 e. The summed E-state index contributed by atoms with van der Waals surface area (Å²) in [5.74, 6) is -0.00953. The first-order valence-corrected chi connectivity index (χ1v) is 6.88. The quantitative estimate of drug-likeness (QED) is 0.912. The van der Waals surface area contributed by atoms with Gasteiger partial charge in [0.15, 0.2) is 0 Å². The number of hydrogen-bond donors (Lipinski definition) is 1. The molecule has 20 heavy (non-hydrogen) atoms. The number of anilines is 1. The van der Waals surface area contributed by atoms with Gasteiger partial charge in [-0.1, -0.05) is 13.8 Å². The Labute approximate surface area is 127 Å².